The van der Waals surface area contributed by atoms with Gasteiger partial charge in [-0.3, -0.25) is 9.97 Å². The molecule has 0 radical (unpaired) electrons. The van der Waals surface area contributed by atoms with Crippen LogP contribution >= 0.6 is 0 Å². The number of aromatic nitrogens is 2. The molecule has 4 aromatic carbocycles. The van der Waals surface area contributed by atoms with Gasteiger partial charge in [0.05, 0.1) is 22.9 Å². The number of benzene rings is 4. The van der Waals surface area contributed by atoms with Crippen molar-refractivity contribution in [2.75, 3.05) is 11.5 Å². The Labute approximate surface area is 253 Å². The smallest absolute Gasteiger partial charge is 0.157 e. The molecule has 4 nitrogen and oxygen atoms in total. The normalized spacial score (nSPS) is 12.1. The molecule has 212 valence electrons. The quantitative estimate of drug-likeness (QED) is 0.164. The Balaban J connectivity index is 1.01. The molecule has 0 aliphatic rings. The predicted molar refractivity (Wildman–Crippen MR) is 179 cm³/mol. The van der Waals surface area contributed by atoms with E-state index in [-0.39, 0.29) is 11.5 Å². The minimum atomic E-state index is -3.25. The van der Waals surface area contributed by atoms with E-state index in [0.29, 0.717) is 0 Å². The van der Waals surface area contributed by atoms with E-state index in [1.54, 1.807) is 12.2 Å². The summed E-state index contributed by atoms with van der Waals surface area (Å²) in [6, 6.07) is 37.0. The zero-order valence-electron chi connectivity index (χ0n) is 23.8. The molecular formula is C38H32N2O2S. The van der Waals surface area contributed by atoms with E-state index in [9.17, 15) is 8.42 Å². The number of rotatable bonds is 10. The maximum atomic E-state index is 12.6. The van der Waals surface area contributed by atoms with Crippen LogP contribution < -0.4 is 0 Å². The second-order valence-electron chi connectivity index (χ2n) is 10.7. The van der Waals surface area contributed by atoms with Gasteiger partial charge in [0.25, 0.3) is 0 Å². The lowest BCUT2D eigenvalue weighted by Crippen LogP contribution is -2.07. The topological polar surface area (TPSA) is 59.9 Å². The largest absolute Gasteiger partial charge is 0.260 e. The standard InChI is InChI=1S/C38H32N2O2S/c41-43(42,25-5-7-29-13-17-31(18-14-29)27-37-35-11-3-1-9-33(35)21-23-39-37)26-6-8-30-15-19-32(20-16-30)28-38-36-12-4-2-10-34(36)22-24-40-38/h1-24H,25-28H2/b7-5+,8-6+. The maximum Gasteiger partial charge on any atom is 0.157 e. The van der Waals surface area contributed by atoms with Crippen molar-refractivity contribution in [2.24, 2.45) is 0 Å². The fraction of sp³-hybridized carbons (Fsp3) is 0.105. The Morgan fingerprint density at radius 3 is 1.37 bits per heavy atom. The van der Waals surface area contributed by atoms with Crippen molar-refractivity contribution in [2.45, 2.75) is 12.8 Å². The van der Waals surface area contributed by atoms with Crippen molar-refractivity contribution in [3.05, 3.63) is 167 Å². The highest BCUT2D eigenvalue weighted by atomic mass is 32.2. The highest BCUT2D eigenvalue weighted by molar-refractivity contribution is 7.91. The van der Waals surface area contributed by atoms with Gasteiger partial charge in [0.1, 0.15) is 0 Å². The van der Waals surface area contributed by atoms with E-state index >= 15 is 0 Å². The second kappa shape index (κ2) is 13.0. The van der Waals surface area contributed by atoms with Crippen molar-refractivity contribution in [1.29, 1.82) is 0 Å². The van der Waals surface area contributed by atoms with Crippen molar-refractivity contribution >= 4 is 43.5 Å². The molecule has 6 rings (SSSR count). The molecule has 0 aliphatic heterocycles. The number of hydrogen-bond acceptors (Lipinski definition) is 4. The van der Waals surface area contributed by atoms with Gasteiger partial charge in [-0.1, -0.05) is 121 Å². The molecule has 0 atom stereocenters. The van der Waals surface area contributed by atoms with Crippen LogP contribution in [0.2, 0.25) is 0 Å². The Bertz CT molecular complexity index is 1870. The number of fused-ring (bicyclic) bond motifs is 2. The van der Waals surface area contributed by atoms with E-state index < -0.39 is 9.84 Å². The highest BCUT2D eigenvalue weighted by Crippen LogP contribution is 2.21. The van der Waals surface area contributed by atoms with Gasteiger partial charge in [0.2, 0.25) is 0 Å². The summed E-state index contributed by atoms with van der Waals surface area (Å²) in [4.78, 5) is 9.17. The van der Waals surface area contributed by atoms with E-state index in [2.05, 4.69) is 58.5 Å². The summed E-state index contributed by atoms with van der Waals surface area (Å²) in [7, 11) is -3.25. The molecule has 2 aromatic heterocycles. The molecule has 5 heteroatoms. The van der Waals surface area contributed by atoms with Gasteiger partial charge in [-0.15, -0.1) is 0 Å². The Morgan fingerprint density at radius 2 is 0.930 bits per heavy atom. The fourth-order valence-corrected chi connectivity index (χ4v) is 6.17. The third kappa shape index (κ3) is 7.32. The van der Waals surface area contributed by atoms with Crippen molar-refractivity contribution in [1.82, 2.24) is 9.97 Å². The lowest BCUT2D eigenvalue weighted by Gasteiger charge is -2.06. The Morgan fingerprint density at radius 1 is 0.512 bits per heavy atom. The minimum absolute atomic E-state index is 0.00398. The fourth-order valence-electron chi connectivity index (χ4n) is 5.26. The zero-order valence-corrected chi connectivity index (χ0v) is 24.6. The molecule has 2 heterocycles. The number of nitrogens with zero attached hydrogens (tertiary/aromatic N) is 2. The van der Waals surface area contributed by atoms with Crippen molar-refractivity contribution in [3.8, 4) is 0 Å². The minimum Gasteiger partial charge on any atom is -0.260 e. The molecular weight excluding hydrogens is 548 g/mol. The molecule has 0 amide bonds. The molecule has 0 saturated carbocycles. The van der Waals surface area contributed by atoms with E-state index in [4.69, 9.17) is 0 Å². The maximum absolute atomic E-state index is 12.6. The van der Waals surface area contributed by atoms with Crippen LogP contribution in [0.25, 0.3) is 33.7 Å². The van der Waals surface area contributed by atoms with Gasteiger partial charge in [0, 0.05) is 36.0 Å². The third-order valence-corrected chi connectivity index (χ3v) is 8.94. The third-order valence-electron chi connectivity index (χ3n) is 7.54. The molecule has 0 N–H and O–H groups in total. The molecule has 0 spiro atoms. The zero-order chi connectivity index (χ0) is 29.5. The van der Waals surface area contributed by atoms with Crippen LogP contribution in [-0.4, -0.2) is 29.9 Å². The molecule has 6 aromatic rings. The van der Waals surface area contributed by atoms with Crippen LogP contribution in [0, 0.1) is 0 Å². The van der Waals surface area contributed by atoms with Gasteiger partial charge in [-0.2, -0.15) is 0 Å². The average molecular weight is 581 g/mol. The van der Waals surface area contributed by atoms with Crippen LogP contribution in [0.15, 0.2) is 134 Å². The van der Waals surface area contributed by atoms with E-state index in [1.807, 2.05) is 85.2 Å². The lowest BCUT2D eigenvalue weighted by atomic mass is 10.0. The van der Waals surface area contributed by atoms with Crippen molar-refractivity contribution in [3.63, 3.8) is 0 Å². The summed E-state index contributed by atoms with van der Waals surface area (Å²) >= 11 is 0. The molecule has 0 bridgehead atoms. The van der Waals surface area contributed by atoms with Gasteiger partial charge >= 0.3 is 0 Å². The van der Waals surface area contributed by atoms with Crippen LogP contribution in [-0.2, 0) is 22.7 Å². The van der Waals surface area contributed by atoms with Gasteiger partial charge in [0.15, 0.2) is 9.84 Å². The molecule has 0 fully saturated rings. The Kier molecular flexibility index (Phi) is 8.52. The first kappa shape index (κ1) is 28.3. The SMILES string of the molecule is O=S(=O)(C/C=C/c1ccc(Cc2nccc3ccccc23)cc1)C/C=C/c1ccc(Cc2nccc3ccccc23)cc1. The molecule has 0 aliphatic carbocycles. The van der Waals surface area contributed by atoms with Crippen LogP contribution in [0.4, 0.5) is 0 Å². The Hall–Kier alpha value is -4.87. The van der Waals surface area contributed by atoms with E-state index in [1.165, 1.54) is 21.5 Å². The van der Waals surface area contributed by atoms with Gasteiger partial charge in [-0.05, 0) is 45.2 Å². The summed E-state index contributed by atoms with van der Waals surface area (Å²) in [5.74, 6) is -0.00796. The highest BCUT2D eigenvalue weighted by Gasteiger charge is 2.07. The summed E-state index contributed by atoms with van der Waals surface area (Å²) in [5.41, 5.74) is 6.37. The average Bonchev–Trinajstić information content (AvgIpc) is 3.03. The molecule has 43 heavy (non-hydrogen) atoms. The number of pyridine rings is 2. The predicted octanol–water partition coefficient (Wildman–Crippen LogP) is 8.11. The first-order chi connectivity index (χ1) is 21.0. The van der Waals surface area contributed by atoms with Crippen molar-refractivity contribution < 1.29 is 8.42 Å². The molecule has 0 saturated heterocycles. The van der Waals surface area contributed by atoms with Crippen LogP contribution in [0.3, 0.4) is 0 Å². The number of sulfone groups is 1. The summed E-state index contributed by atoms with van der Waals surface area (Å²) in [5, 5.41) is 4.71. The lowest BCUT2D eigenvalue weighted by molar-refractivity contribution is 0.602. The monoisotopic (exact) mass is 580 g/mol. The second-order valence-corrected chi connectivity index (χ2v) is 12.8. The summed E-state index contributed by atoms with van der Waals surface area (Å²) in [6.45, 7) is 0. The van der Waals surface area contributed by atoms with Crippen LogP contribution in [0.5, 0.6) is 0 Å². The van der Waals surface area contributed by atoms with Crippen LogP contribution in [0.1, 0.15) is 33.6 Å². The van der Waals surface area contributed by atoms with E-state index in [0.717, 1.165) is 46.5 Å². The summed E-state index contributed by atoms with van der Waals surface area (Å²) < 4.78 is 25.2. The first-order valence-corrected chi connectivity index (χ1v) is 16.2. The first-order valence-electron chi connectivity index (χ1n) is 14.4. The van der Waals surface area contributed by atoms with Gasteiger partial charge in [-0.25, -0.2) is 8.42 Å². The summed E-state index contributed by atoms with van der Waals surface area (Å²) in [6.07, 6.45) is 12.4. The van der Waals surface area contributed by atoms with Gasteiger partial charge < -0.3 is 0 Å². The number of hydrogen-bond donors (Lipinski definition) is 0. The molecule has 0 unspecified atom stereocenters.